The minimum absolute atomic E-state index is 0.684. The van der Waals surface area contributed by atoms with E-state index in [0.29, 0.717) is 6.42 Å². The van der Waals surface area contributed by atoms with Crippen LogP contribution < -0.4 is 11.5 Å². The zero-order valence-corrected chi connectivity index (χ0v) is 5.99. The molecule has 4 N–H and O–H groups in total. The summed E-state index contributed by atoms with van der Waals surface area (Å²) < 4.78 is 1.69. The van der Waals surface area contributed by atoms with Crippen LogP contribution in [0.5, 0.6) is 0 Å². The van der Waals surface area contributed by atoms with Crippen LogP contribution in [0.15, 0.2) is 18.7 Å². The molecule has 0 radical (unpaired) electrons. The highest BCUT2D eigenvalue weighted by atomic mass is 15.3. The molecule has 1 heterocycles. The first-order chi connectivity index (χ1) is 4.67. The molecule has 4 nitrogen and oxygen atoms in total. The topological polar surface area (TPSA) is 69.9 Å². The second kappa shape index (κ2) is 2.40. The minimum Gasteiger partial charge on any atom is -0.306 e. The molecule has 0 saturated carbocycles. The molecule has 0 unspecified atom stereocenters. The Bertz CT molecular complexity index is 190. The average Bonchev–Trinajstić information content (AvgIpc) is 2.38. The van der Waals surface area contributed by atoms with E-state index in [1.54, 1.807) is 23.3 Å². The fourth-order valence-electron chi connectivity index (χ4n) is 0.688. The summed E-state index contributed by atoms with van der Waals surface area (Å²) in [6, 6.07) is 0. The van der Waals surface area contributed by atoms with Gasteiger partial charge in [-0.05, 0) is 6.42 Å². The Morgan fingerprint density at radius 3 is 2.70 bits per heavy atom. The van der Waals surface area contributed by atoms with Gasteiger partial charge in [0.25, 0.3) is 0 Å². The highest BCUT2D eigenvalue weighted by molar-refractivity contribution is 4.83. The van der Waals surface area contributed by atoms with Gasteiger partial charge in [-0.15, -0.1) is 0 Å². The Morgan fingerprint density at radius 1 is 1.60 bits per heavy atom. The standard InChI is InChI=1S/C6H12N4/c1-2-6(7,8)10-4-3-9-5-10/h3-5H,2,7-8H2,1H3. The first kappa shape index (κ1) is 7.24. The lowest BCUT2D eigenvalue weighted by molar-refractivity contribution is 0.296. The third-order valence-electron chi connectivity index (χ3n) is 1.55. The molecule has 0 spiro atoms. The van der Waals surface area contributed by atoms with Crippen molar-refractivity contribution >= 4 is 0 Å². The number of aromatic nitrogens is 2. The van der Waals surface area contributed by atoms with Gasteiger partial charge in [-0.25, -0.2) is 4.98 Å². The van der Waals surface area contributed by atoms with Crippen molar-refractivity contribution in [3.63, 3.8) is 0 Å². The van der Waals surface area contributed by atoms with Crippen LogP contribution in [0.1, 0.15) is 13.3 Å². The predicted octanol–water partition coefficient (Wildman–Crippen LogP) is -0.179. The quantitative estimate of drug-likeness (QED) is 0.560. The van der Waals surface area contributed by atoms with E-state index in [4.69, 9.17) is 11.5 Å². The van der Waals surface area contributed by atoms with Crippen molar-refractivity contribution in [1.29, 1.82) is 0 Å². The second-order valence-corrected chi connectivity index (χ2v) is 2.31. The molecule has 4 heteroatoms. The van der Waals surface area contributed by atoms with Crippen LogP contribution in [0.3, 0.4) is 0 Å². The smallest absolute Gasteiger partial charge is 0.145 e. The summed E-state index contributed by atoms with van der Waals surface area (Å²) in [5.74, 6) is -0.781. The molecule has 0 saturated heterocycles. The SMILES string of the molecule is CCC(N)(N)n1ccnc1. The van der Waals surface area contributed by atoms with Gasteiger partial charge in [0.1, 0.15) is 5.79 Å². The zero-order chi connectivity index (χ0) is 7.61. The number of nitrogens with two attached hydrogens (primary N) is 2. The third kappa shape index (κ3) is 1.17. The third-order valence-corrected chi connectivity index (χ3v) is 1.55. The summed E-state index contributed by atoms with van der Waals surface area (Å²) in [5, 5.41) is 0. The molecule has 0 aromatic carbocycles. The molecule has 0 aliphatic carbocycles. The molecular formula is C6H12N4. The first-order valence-electron chi connectivity index (χ1n) is 3.23. The molecule has 10 heavy (non-hydrogen) atoms. The summed E-state index contributed by atoms with van der Waals surface area (Å²) in [5.41, 5.74) is 11.4. The normalized spacial score (nSPS) is 11.9. The molecular weight excluding hydrogens is 128 g/mol. The number of hydrogen-bond donors (Lipinski definition) is 2. The van der Waals surface area contributed by atoms with Crippen LogP contribution in [0, 0.1) is 0 Å². The molecule has 0 amide bonds. The molecule has 0 aliphatic rings. The molecule has 0 fully saturated rings. The van der Waals surface area contributed by atoms with Crippen molar-refractivity contribution in [2.24, 2.45) is 11.5 Å². The molecule has 0 aliphatic heterocycles. The van der Waals surface area contributed by atoms with E-state index in [2.05, 4.69) is 4.98 Å². The number of imidazole rings is 1. The van der Waals surface area contributed by atoms with Crippen LogP contribution in [-0.2, 0) is 5.79 Å². The monoisotopic (exact) mass is 140 g/mol. The fraction of sp³-hybridized carbons (Fsp3) is 0.500. The number of rotatable bonds is 2. The van der Waals surface area contributed by atoms with Gasteiger partial charge in [-0.1, -0.05) is 6.92 Å². The molecule has 1 aromatic heterocycles. The minimum atomic E-state index is -0.781. The van der Waals surface area contributed by atoms with E-state index in [9.17, 15) is 0 Å². The molecule has 1 aromatic rings. The zero-order valence-electron chi connectivity index (χ0n) is 5.99. The van der Waals surface area contributed by atoms with Crippen molar-refractivity contribution in [3.05, 3.63) is 18.7 Å². The summed E-state index contributed by atoms with van der Waals surface area (Å²) in [4.78, 5) is 3.84. The van der Waals surface area contributed by atoms with Gasteiger partial charge < -0.3 is 4.57 Å². The number of nitrogens with zero attached hydrogens (tertiary/aromatic N) is 2. The highest BCUT2D eigenvalue weighted by Gasteiger charge is 2.16. The van der Waals surface area contributed by atoms with Crippen LogP contribution >= 0.6 is 0 Å². The summed E-state index contributed by atoms with van der Waals surface area (Å²) in [6.45, 7) is 1.93. The van der Waals surface area contributed by atoms with Crippen LogP contribution in [0.2, 0.25) is 0 Å². The maximum absolute atomic E-state index is 5.68. The predicted molar refractivity (Wildman–Crippen MR) is 38.9 cm³/mol. The van der Waals surface area contributed by atoms with Crippen molar-refractivity contribution in [2.45, 2.75) is 19.1 Å². The van der Waals surface area contributed by atoms with E-state index in [1.807, 2.05) is 6.92 Å². The largest absolute Gasteiger partial charge is 0.306 e. The molecule has 56 valence electrons. The second-order valence-electron chi connectivity index (χ2n) is 2.31. The van der Waals surface area contributed by atoms with E-state index in [0.717, 1.165) is 0 Å². The van der Waals surface area contributed by atoms with E-state index in [1.165, 1.54) is 0 Å². The Morgan fingerprint density at radius 2 is 2.30 bits per heavy atom. The van der Waals surface area contributed by atoms with Gasteiger partial charge in [0, 0.05) is 12.4 Å². The molecule has 0 atom stereocenters. The average molecular weight is 140 g/mol. The van der Waals surface area contributed by atoms with Crippen molar-refractivity contribution in [3.8, 4) is 0 Å². The lowest BCUT2D eigenvalue weighted by Crippen LogP contribution is -2.50. The van der Waals surface area contributed by atoms with Gasteiger partial charge in [0.05, 0.1) is 6.33 Å². The van der Waals surface area contributed by atoms with Crippen LogP contribution in [-0.4, -0.2) is 9.55 Å². The van der Waals surface area contributed by atoms with Crippen molar-refractivity contribution in [1.82, 2.24) is 9.55 Å². The Labute approximate surface area is 59.8 Å². The summed E-state index contributed by atoms with van der Waals surface area (Å²) in [7, 11) is 0. The van der Waals surface area contributed by atoms with Crippen LogP contribution in [0.4, 0.5) is 0 Å². The fourth-order valence-corrected chi connectivity index (χ4v) is 0.688. The van der Waals surface area contributed by atoms with E-state index < -0.39 is 5.79 Å². The highest BCUT2D eigenvalue weighted by Crippen LogP contribution is 2.03. The van der Waals surface area contributed by atoms with Gasteiger partial charge in [0.2, 0.25) is 0 Å². The van der Waals surface area contributed by atoms with Crippen molar-refractivity contribution in [2.75, 3.05) is 0 Å². The first-order valence-corrected chi connectivity index (χ1v) is 3.23. The maximum Gasteiger partial charge on any atom is 0.145 e. The van der Waals surface area contributed by atoms with Gasteiger partial charge in [-0.2, -0.15) is 0 Å². The van der Waals surface area contributed by atoms with Crippen molar-refractivity contribution < 1.29 is 0 Å². The Hall–Kier alpha value is -0.870. The Kier molecular flexibility index (Phi) is 1.74. The van der Waals surface area contributed by atoms with E-state index >= 15 is 0 Å². The van der Waals surface area contributed by atoms with E-state index in [-0.39, 0.29) is 0 Å². The molecule has 0 bridgehead atoms. The lowest BCUT2D eigenvalue weighted by Gasteiger charge is -2.23. The van der Waals surface area contributed by atoms with Gasteiger partial charge >= 0.3 is 0 Å². The lowest BCUT2D eigenvalue weighted by atomic mass is 10.3. The summed E-state index contributed by atoms with van der Waals surface area (Å²) in [6.07, 6.45) is 5.71. The summed E-state index contributed by atoms with van der Waals surface area (Å²) >= 11 is 0. The maximum atomic E-state index is 5.68. The number of hydrogen-bond acceptors (Lipinski definition) is 3. The Balaban J connectivity index is 2.85. The van der Waals surface area contributed by atoms with Gasteiger partial charge in [-0.3, -0.25) is 11.5 Å². The van der Waals surface area contributed by atoms with Crippen LogP contribution in [0.25, 0.3) is 0 Å². The molecule has 1 rings (SSSR count). The van der Waals surface area contributed by atoms with Gasteiger partial charge in [0.15, 0.2) is 0 Å².